The van der Waals surface area contributed by atoms with Crippen LogP contribution in [0.25, 0.3) is 0 Å². The first-order valence-corrected chi connectivity index (χ1v) is 11.3. The summed E-state index contributed by atoms with van der Waals surface area (Å²) in [5.41, 5.74) is 2.78. The molecule has 162 valence electrons. The maximum absolute atomic E-state index is 12.4. The molecule has 30 heavy (non-hydrogen) atoms. The molecule has 4 nitrogen and oxygen atoms in total. The molecule has 2 aromatic carbocycles. The fourth-order valence-corrected chi connectivity index (χ4v) is 4.54. The third kappa shape index (κ3) is 5.99. The van der Waals surface area contributed by atoms with E-state index < -0.39 is 0 Å². The summed E-state index contributed by atoms with van der Waals surface area (Å²) in [6.07, 6.45) is 4.97. The fourth-order valence-electron chi connectivity index (χ4n) is 4.32. The largest absolute Gasteiger partial charge is 0.487 e. The van der Waals surface area contributed by atoms with Crippen molar-refractivity contribution in [1.82, 2.24) is 0 Å². The van der Waals surface area contributed by atoms with Crippen LogP contribution in [0, 0.1) is 13.8 Å². The molecule has 1 aliphatic heterocycles. The Labute approximate surface area is 185 Å². The minimum atomic E-state index is -0.347. The van der Waals surface area contributed by atoms with E-state index in [4.69, 9.17) is 21.1 Å². The standard InChI is InChI=1S/C25H33ClNO3/c1-20-10-9-11-21(2)24(20)29-18-16-27(14-7-3-4-8-15-27)17-19-30-25(28)22-12-5-6-13-23(22)26/h5-6,9-13H,3-4,7-8,14-19H2,1-2H3/q+1. The van der Waals surface area contributed by atoms with Crippen LogP contribution in [0.1, 0.15) is 47.2 Å². The molecular formula is C25H33ClNO3+. The van der Waals surface area contributed by atoms with Crippen molar-refractivity contribution in [3.05, 3.63) is 64.2 Å². The Balaban J connectivity index is 1.59. The summed E-state index contributed by atoms with van der Waals surface area (Å²) in [6.45, 7) is 9.21. The third-order valence-corrected chi connectivity index (χ3v) is 6.46. The number of esters is 1. The second-order valence-corrected chi connectivity index (χ2v) is 8.74. The van der Waals surface area contributed by atoms with Gasteiger partial charge in [-0.05, 0) is 62.8 Å². The number of carbonyl (C=O) groups is 1. The maximum Gasteiger partial charge on any atom is 0.339 e. The van der Waals surface area contributed by atoms with E-state index >= 15 is 0 Å². The average Bonchev–Trinajstić information content (AvgIpc) is 2.96. The summed E-state index contributed by atoms with van der Waals surface area (Å²) in [6, 6.07) is 13.3. The highest BCUT2D eigenvalue weighted by Crippen LogP contribution is 2.24. The Morgan fingerprint density at radius 1 is 0.900 bits per heavy atom. The van der Waals surface area contributed by atoms with E-state index in [0.29, 0.717) is 23.8 Å². The Morgan fingerprint density at radius 3 is 2.20 bits per heavy atom. The number of rotatable bonds is 8. The SMILES string of the molecule is Cc1cccc(C)c1OCC[N+]1(CCOC(=O)c2ccccc2Cl)CCCCCC1. The van der Waals surface area contributed by atoms with E-state index in [0.717, 1.165) is 36.4 Å². The molecule has 1 aliphatic rings. The van der Waals surface area contributed by atoms with Crippen molar-refractivity contribution in [2.75, 3.05) is 39.4 Å². The van der Waals surface area contributed by atoms with Crippen molar-refractivity contribution in [2.45, 2.75) is 39.5 Å². The second kappa shape index (κ2) is 10.8. The molecule has 0 amide bonds. The zero-order chi connectivity index (χ0) is 21.4. The fraction of sp³-hybridized carbons (Fsp3) is 0.480. The Hall–Kier alpha value is -2.04. The Kier molecular flexibility index (Phi) is 8.17. The molecule has 0 atom stereocenters. The zero-order valence-corrected chi connectivity index (χ0v) is 18.9. The Bertz CT molecular complexity index is 824. The number of benzene rings is 2. The maximum atomic E-state index is 12.4. The van der Waals surface area contributed by atoms with Crippen LogP contribution in [0.15, 0.2) is 42.5 Å². The molecule has 0 aromatic heterocycles. The molecule has 1 heterocycles. The van der Waals surface area contributed by atoms with Crippen molar-refractivity contribution < 1.29 is 18.8 Å². The topological polar surface area (TPSA) is 35.5 Å². The van der Waals surface area contributed by atoms with Gasteiger partial charge in [0.1, 0.15) is 32.1 Å². The van der Waals surface area contributed by atoms with Crippen LogP contribution in [0.4, 0.5) is 0 Å². The quantitative estimate of drug-likeness (QED) is 0.405. The molecule has 0 saturated carbocycles. The van der Waals surface area contributed by atoms with Gasteiger partial charge < -0.3 is 14.0 Å². The summed E-state index contributed by atoms with van der Waals surface area (Å²) in [7, 11) is 0. The molecule has 3 rings (SSSR count). The number of nitrogens with zero attached hydrogens (tertiary/aromatic N) is 1. The summed E-state index contributed by atoms with van der Waals surface area (Å²) < 4.78 is 12.8. The van der Waals surface area contributed by atoms with Crippen LogP contribution in [0.3, 0.4) is 0 Å². The van der Waals surface area contributed by atoms with Crippen molar-refractivity contribution in [2.24, 2.45) is 0 Å². The summed E-state index contributed by atoms with van der Waals surface area (Å²) >= 11 is 6.13. The van der Waals surface area contributed by atoms with E-state index in [1.54, 1.807) is 18.2 Å². The number of ether oxygens (including phenoxy) is 2. The predicted molar refractivity (Wildman–Crippen MR) is 121 cm³/mol. The lowest BCUT2D eigenvalue weighted by molar-refractivity contribution is -0.927. The molecule has 0 aliphatic carbocycles. The minimum absolute atomic E-state index is 0.347. The first kappa shape index (κ1) is 22.6. The lowest BCUT2D eigenvalue weighted by Crippen LogP contribution is -2.53. The van der Waals surface area contributed by atoms with Crippen molar-refractivity contribution in [1.29, 1.82) is 0 Å². The number of quaternary nitrogens is 1. The zero-order valence-electron chi connectivity index (χ0n) is 18.2. The number of carbonyl (C=O) groups excluding carboxylic acids is 1. The highest BCUT2D eigenvalue weighted by atomic mass is 35.5. The van der Waals surface area contributed by atoms with Gasteiger partial charge in [0.05, 0.1) is 23.7 Å². The lowest BCUT2D eigenvalue weighted by Gasteiger charge is -2.37. The van der Waals surface area contributed by atoms with Crippen molar-refractivity contribution in [3.8, 4) is 5.75 Å². The molecule has 0 bridgehead atoms. The smallest absolute Gasteiger partial charge is 0.339 e. The van der Waals surface area contributed by atoms with Gasteiger partial charge in [-0.1, -0.05) is 41.9 Å². The van der Waals surface area contributed by atoms with Gasteiger partial charge in [0.25, 0.3) is 0 Å². The molecule has 1 saturated heterocycles. The number of halogens is 1. The lowest BCUT2D eigenvalue weighted by atomic mass is 10.1. The first-order valence-electron chi connectivity index (χ1n) is 11.0. The number of aryl methyl sites for hydroxylation is 2. The van der Waals surface area contributed by atoms with Gasteiger partial charge in [0, 0.05) is 0 Å². The van der Waals surface area contributed by atoms with Gasteiger partial charge >= 0.3 is 5.97 Å². The van der Waals surface area contributed by atoms with Gasteiger partial charge in [-0.3, -0.25) is 0 Å². The summed E-state index contributed by atoms with van der Waals surface area (Å²) in [5, 5.41) is 0.433. The van der Waals surface area contributed by atoms with E-state index in [2.05, 4.69) is 32.0 Å². The minimum Gasteiger partial charge on any atom is -0.487 e. The summed E-state index contributed by atoms with van der Waals surface area (Å²) in [5.74, 6) is 0.649. The second-order valence-electron chi connectivity index (χ2n) is 8.34. The molecule has 1 fully saturated rings. The van der Waals surface area contributed by atoms with Crippen LogP contribution in [0.5, 0.6) is 5.75 Å². The molecule has 0 N–H and O–H groups in total. The van der Waals surface area contributed by atoms with Crippen LogP contribution >= 0.6 is 11.6 Å². The number of hydrogen-bond acceptors (Lipinski definition) is 3. The van der Waals surface area contributed by atoms with Gasteiger partial charge in [-0.25, -0.2) is 4.79 Å². The number of hydrogen-bond donors (Lipinski definition) is 0. The van der Waals surface area contributed by atoms with Gasteiger partial charge in [0.15, 0.2) is 0 Å². The average molecular weight is 431 g/mol. The normalized spacial score (nSPS) is 16.0. The predicted octanol–water partition coefficient (Wildman–Crippen LogP) is 5.58. The van der Waals surface area contributed by atoms with E-state index in [9.17, 15) is 4.79 Å². The van der Waals surface area contributed by atoms with E-state index in [1.807, 2.05) is 6.07 Å². The number of para-hydroxylation sites is 1. The van der Waals surface area contributed by atoms with Crippen molar-refractivity contribution >= 4 is 17.6 Å². The first-order chi connectivity index (χ1) is 14.5. The summed E-state index contributed by atoms with van der Waals surface area (Å²) in [4.78, 5) is 12.4. The van der Waals surface area contributed by atoms with Gasteiger partial charge in [-0.2, -0.15) is 0 Å². The molecule has 0 radical (unpaired) electrons. The molecule has 5 heteroatoms. The van der Waals surface area contributed by atoms with Crippen LogP contribution in [0.2, 0.25) is 5.02 Å². The molecular weight excluding hydrogens is 398 g/mol. The monoisotopic (exact) mass is 430 g/mol. The third-order valence-electron chi connectivity index (χ3n) is 6.13. The molecule has 2 aromatic rings. The highest BCUT2D eigenvalue weighted by Gasteiger charge is 2.29. The van der Waals surface area contributed by atoms with Crippen LogP contribution in [-0.4, -0.2) is 49.8 Å². The Morgan fingerprint density at radius 2 is 1.53 bits per heavy atom. The van der Waals surface area contributed by atoms with Gasteiger partial charge in [0.2, 0.25) is 0 Å². The van der Waals surface area contributed by atoms with Crippen LogP contribution in [-0.2, 0) is 4.74 Å². The van der Waals surface area contributed by atoms with E-state index in [-0.39, 0.29) is 5.97 Å². The molecule has 0 unspecified atom stereocenters. The molecule has 0 spiro atoms. The van der Waals surface area contributed by atoms with Crippen LogP contribution < -0.4 is 4.74 Å². The highest BCUT2D eigenvalue weighted by molar-refractivity contribution is 6.33. The number of likely N-dealkylation sites (tertiary alicyclic amines) is 1. The van der Waals surface area contributed by atoms with Gasteiger partial charge in [-0.15, -0.1) is 0 Å². The van der Waals surface area contributed by atoms with E-state index in [1.165, 1.54) is 36.8 Å². The van der Waals surface area contributed by atoms with Crippen molar-refractivity contribution in [3.63, 3.8) is 0 Å².